The van der Waals surface area contributed by atoms with Crippen LogP contribution in [0, 0.1) is 0 Å². The molecule has 0 atom stereocenters. The van der Waals surface area contributed by atoms with Crippen molar-refractivity contribution in [1.29, 1.82) is 0 Å². The van der Waals surface area contributed by atoms with E-state index in [1.807, 2.05) is 0 Å². The van der Waals surface area contributed by atoms with Gasteiger partial charge in [0.15, 0.2) is 0 Å². The van der Waals surface area contributed by atoms with Gasteiger partial charge in [-0.1, -0.05) is 32.6 Å². The molecule has 3 aliphatic rings. The van der Waals surface area contributed by atoms with E-state index in [4.69, 9.17) is 4.74 Å². The summed E-state index contributed by atoms with van der Waals surface area (Å²) in [5.74, 6) is 0.382. The lowest BCUT2D eigenvalue weighted by Crippen LogP contribution is -2.58. The topological polar surface area (TPSA) is 41.6 Å². The lowest BCUT2D eigenvalue weighted by atomic mass is 9.81. The molecular weight excluding hydrogens is 252 g/mol. The molecule has 0 radical (unpaired) electrons. The van der Waals surface area contributed by atoms with Crippen molar-refractivity contribution in [3.8, 4) is 0 Å². The second-order valence-electron chi connectivity index (χ2n) is 6.72. The van der Waals surface area contributed by atoms with Gasteiger partial charge in [0.25, 0.3) is 0 Å². The van der Waals surface area contributed by atoms with E-state index in [1.54, 1.807) is 0 Å². The van der Waals surface area contributed by atoms with Gasteiger partial charge in [-0.25, -0.2) is 0 Å². The van der Waals surface area contributed by atoms with Crippen molar-refractivity contribution in [2.24, 2.45) is 0 Å². The van der Waals surface area contributed by atoms with Crippen LogP contribution in [0.5, 0.6) is 0 Å². The van der Waals surface area contributed by atoms with Crippen LogP contribution in [0.2, 0.25) is 0 Å². The molecule has 2 spiro atoms. The molecular formula is C16H28N2O2. The fourth-order valence-electron chi connectivity index (χ4n) is 4.25. The van der Waals surface area contributed by atoms with Crippen LogP contribution < -0.4 is 5.32 Å². The number of ether oxygens (including phenoxy) is 1. The number of carbonyl (C=O) groups excluding carboxylic acids is 1. The Morgan fingerprint density at radius 3 is 2.50 bits per heavy atom. The minimum Gasteiger partial charge on any atom is -0.381 e. The van der Waals surface area contributed by atoms with E-state index in [2.05, 4.69) is 17.1 Å². The average Bonchev–Trinajstić information content (AvgIpc) is 2.68. The molecule has 3 rings (SSSR count). The van der Waals surface area contributed by atoms with Crippen molar-refractivity contribution >= 4 is 5.91 Å². The molecule has 0 aromatic heterocycles. The number of amides is 1. The van der Waals surface area contributed by atoms with Gasteiger partial charge in [0.05, 0.1) is 24.4 Å². The van der Waals surface area contributed by atoms with E-state index >= 15 is 0 Å². The van der Waals surface area contributed by atoms with Crippen LogP contribution in [0.15, 0.2) is 0 Å². The fraction of sp³-hybridized carbons (Fsp3) is 0.938. The molecule has 3 fully saturated rings. The van der Waals surface area contributed by atoms with Gasteiger partial charge in [-0.2, -0.15) is 0 Å². The zero-order valence-corrected chi connectivity index (χ0v) is 12.7. The lowest BCUT2D eigenvalue weighted by Gasteiger charge is -2.41. The van der Waals surface area contributed by atoms with E-state index in [1.165, 1.54) is 19.3 Å². The molecule has 1 N–H and O–H groups in total. The molecule has 1 amide bonds. The van der Waals surface area contributed by atoms with Crippen molar-refractivity contribution in [2.45, 2.75) is 75.9 Å². The highest BCUT2D eigenvalue weighted by Gasteiger charge is 2.58. The minimum absolute atomic E-state index is 0.109. The largest absolute Gasteiger partial charge is 0.381 e. The summed E-state index contributed by atoms with van der Waals surface area (Å²) in [5, 5.41) is 3.83. The number of hydrogen-bond acceptors (Lipinski definition) is 3. The lowest BCUT2D eigenvalue weighted by molar-refractivity contribution is -0.137. The third-order valence-corrected chi connectivity index (χ3v) is 5.41. The Morgan fingerprint density at radius 2 is 1.85 bits per heavy atom. The maximum atomic E-state index is 13.1. The predicted octanol–water partition coefficient (Wildman–Crippen LogP) is 2.43. The minimum atomic E-state index is -0.247. The second-order valence-corrected chi connectivity index (χ2v) is 6.72. The van der Waals surface area contributed by atoms with Crippen LogP contribution >= 0.6 is 0 Å². The van der Waals surface area contributed by atoms with Crippen molar-refractivity contribution < 1.29 is 9.53 Å². The maximum absolute atomic E-state index is 13.1. The first-order chi connectivity index (χ1) is 9.72. The Kier molecular flexibility index (Phi) is 4.04. The number of hydrogen-bond donors (Lipinski definition) is 1. The van der Waals surface area contributed by atoms with Crippen LogP contribution in [-0.2, 0) is 9.53 Å². The van der Waals surface area contributed by atoms with E-state index in [0.717, 1.165) is 58.3 Å². The zero-order valence-electron chi connectivity index (χ0n) is 12.7. The van der Waals surface area contributed by atoms with Gasteiger partial charge in [-0.15, -0.1) is 0 Å². The van der Waals surface area contributed by atoms with Crippen LogP contribution in [0.1, 0.15) is 64.7 Å². The first-order valence-corrected chi connectivity index (χ1v) is 8.42. The molecule has 2 saturated heterocycles. The van der Waals surface area contributed by atoms with Crippen molar-refractivity contribution in [2.75, 3.05) is 19.8 Å². The summed E-state index contributed by atoms with van der Waals surface area (Å²) >= 11 is 0. The van der Waals surface area contributed by atoms with Gasteiger partial charge in [0.2, 0.25) is 5.91 Å². The Balaban J connectivity index is 1.85. The molecule has 1 aliphatic carbocycles. The van der Waals surface area contributed by atoms with E-state index < -0.39 is 0 Å². The fourth-order valence-corrected chi connectivity index (χ4v) is 4.25. The molecule has 0 bridgehead atoms. The number of carbonyl (C=O) groups is 1. The number of unbranched alkanes of at least 4 members (excludes halogenated alkanes) is 1. The number of nitrogens with zero attached hydrogens (tertiary/aromatic N) is 1. The summed E-state index contributed by atoms with van der Waals surface area (Å²) in [7, 11) is 0. The second kappa shape index (κ2) is 5.64. The van der Waals surface area contributed by atoms with Gasteiger partial charge < -0.3 is 9.64 Å². The quantitative estimate of drug-likeness (QED) is 0.863. The van der Waals surface area contributed by atoms with Crippen molar-refractivity contribution in [3.63, 3.8) is 0 Å². The third kappa shape index (κ3) is 2.27. The third-order valence-electron chi connectivity index (χ3n) is 5.41. The molecule has 20 heavy (non-hydrogen) atoms. The summed E-state index contributed by atoms with van der Waals surface area (Å²) in [6, 6.07) is 0. The Labute approximate surface area is 122 Å². The standard InChI is InChI=1S/C16H28N2O2/c1-2-3-11-18-14(19)15(7-5-4-6-8-15)17-16(18)9-12-20-13-10-16/h17H,2-13H2,1H3. The first kappa shape index (κ1) is 14.3. The number of rotatable bonds is 3. The summed E-state index contributed by atoms with van der Waals surface area (Å²) in [4.78, 5) is 15.3. The SMILES string of the molecule is CCCCN1C(=O)C2(CCCCC2)NC12CCOCC2. The Bertz CT molecular complexity index is 357. The van der Waals surface area contributed by atoms with Gasteiger partial charge in [0, 0.05) is 19.4 Å². The molecule has 2 heterocycles. The smallest absolute Gasteiger partial charge is 0.244 e. The normalized spacial score (nSPS) is 28.4. The molecule has 0 aromatic carbocycles. The van der Waals surface area contributed by atoms with Crippen molar-refractivity contribution in [1.82, 2.24) is 10.2 Å². The van der Waals surface area contributed by atoms with Gasteiger partial charge >= 0.3 is 0 Å². The van der Waals surface area contributed by atoms with E-state index in [0.29, 0.717) is 5.91 Å². The predicted molar refractivity (Wildman–Crippen MR) is 78.4 cm³/mol. The number of nitrogens with one attached hydrogen (secondary N) is 1. The summed E-state index contributed by atoms with van der Waals surface area (Å²) in [6.07, 6.45) is 9.85. The average molecular weight is 280 g/mol. The van der Waals surface area contributed by atoms with E-state index in [9.17, 15) is 4.79 Å². The highest BCUT2D eigenvalue weighted by atomic mass is 16.5. The Morgan fingerprint density at radius 1 is 1.15 bits per heavy atom. The molecule has 114 valence electrons. The molecule has 0 unspecified atom stereocenters. The maximum Gasteiger partial charge on any atom is 0.244 e. The van der Waals surface area contributed by atoms with Crippen LogP contribution in [0.25, 0.3) is 0 Å². The zero-order chi connectivity index (χ0) is 14.1. The highest BCUT2D eigenvalue weighted by molar-refractivity contribution is 5.89. The van der Waals surface area contributed by atoms with Crippen LogP contribution in [-0.4, -0.2) is 41.8 Å². The molecule has 0 aromatic rings. The monoisotopic (exact) mass is 280 g/mol. The molecule has 1 saturated carbocycles. The highest BCUT2D eigenvalue weighted by Crippen LogP contribution is 2.42. The molecule has 4 nitrogen and oxygen atoms in total. The molecule has 2 aliphatic heterocycles. The Hall–Kier alpha value is -0.610. The van der Waals surface area contributed by atoms with Crippen LogP contribution in [0.4, 0.5) is 0 Å². The van der Waals surface area contributed by atoms with Gasteiger partial charge in [0.1, 0.15) is 0 Å². The van der Waals surface area contributed by atoms with Gasteiger partial charge in [-0.05, 0) is 19.3 Å². The molecule has 4 heteroatoms. The van der Waals surface area contributed by atoms with Crippen molar-refractivity contribution in [3.05, 3.63) is 0 Å². The summed E-state index contributed by atoms with van der Waals surface area (Å²) < 4.78 is 5.54. The van der Waals surface area contributed by atoms with E-state index in [-0.39, 0.29) is 11.2 Å². The summed E-state index contributed by atoms with van der Waals surface area (Å²) in [6.45, 7) is 4.66. The summed E-state index contributed by atoms with van der Waals surface area (Å²) in [5.41, 5.74) is -0.356. The first-order valence-electron chi connectivity index (χ1n) is 8.42. The van der Waals surface area contributed by atoms with Crippen LogP contribution in [0.3, 0.4) is 0 Å². The van der Waals surface area contributed by atoms with Gasteiger partial charge in [-0.3, -0.25) is 10.1 Å².